The lowest BCUT2D eigenvalue weighted by atomic mass is 10.1. The van der Waals surface area contributed by atoms with Crippen molar-refractivity contribution in [2.75, 3.05) is 28.2 Å². The van der Waals surface area contributed by atoms with Crippen LogP contribution in [0.5, 0.6) is 5.88 Å². The number of hydrogen-bond donors (Lipinski definition) is 1. The van der Waals surface area contributed by atoms with Crippen LogP contribution >= 0.6 is 0 Å². The van der Waals surface area contributed by atoms with Gasteiger partial charge in [0, 0.05) is 0 Å². The van der Waals surface area contributed by atoms with Gasteiger partial charge in [-0.2, -0.15) is 0 Å². The summed E-state index contributed by atoms with van der Waals surface area (Å²) in [6.07, 6.45) is 0. The van der Waals surface area contributed by atoms with Crippen molar-refractivity contribution in [1.29, 1.82) is 0 Å². The molecule has 0 fully saturated rings. The summed E-state index contributed by atoms with van der Waals surface area (Å²) >= 11 is 0. The second kappa shape index (κ2) is 5.58. The quantitative estimate of drug-likeness (QED) is 0.834. The van der Waals surface area contributed by atoms with Crippen LogP contribution in [0, 0.1) is 0 Å². The highest BCUT2D eigenvalue weighted by Gasteiger charge is 2.21. The average Bonchev–Trinajstić information content (AvgIpc) is 2.41. The number of rotatable bonds is 5. The molecular formula is C12H24N4O2. The van der Waals surface area contributed by atoms with Crippen LogP contribution in [0.4, 0.5) is 0 Å². The highest BCUT2D eigenvalue weighted by molar-refractivity contribution is 5.23. The van der Waals surface area contributed by atoms with Gasteiger partial charge in [-0.15, -0.1) is 0 Å². The van der Waals surface area contributed by atoms with Crippen molar-refractivity contribution in [2.24, 2.45) is 0 Å². The lowest BCUT2D eigenvalue weighted by Crippen LogP contribution is -2.33. The van der Waals surface area contributed by atoms with Crippen molar-refractivity contribution in [3.8, 4) is 5.88 Å². The molecule has 0 aromatic carbocycles. The van der Waals surface area contributed by atoms with Gasteiger partial charge in [-0.05, 0) is 34.1 Å². The maximum atomic E-state index is 12.3. The molecule has 0 aliphatic rings. The molecule has 1 heterocycles. The molecule has 104 valence electrons. The van der Waals surface area contributed by atoms with E-state index in [0.29, 0.717) is 19.0 Å². The van der Waals surface area contributed by atoms with Crippen molar-refractivity contribution in [3.63, 3.8) is 0 Å². The van der Waals surface area contributed by atoms with E-state index >= 15 is 0 Å². The van der Waals surface area contributed by atoms with Gasteiger partial charge in [0.25, 0.3) is 0 Å². The Bertz CT molecular complexity index is 457. The van der Waals surface area contributed by atoms with Crippen LogP contribution < -0.4 is 5.69 Å². The Kier molecular flexibility index (Phi) is 4.59. The molecule has 0 aliphatic heterocycles. The standard InChI is InChI=1S/C12H24N4O2/c1-9(2)10-11(17)16(8-14(5)6)12(18)15(10)7-13(3)4/h9,17H,7-8H2,1-6H3. The van der Waals surface area contributed by atoms with E-state index < -0.39 is 0 Å². The minimum Gasteiger partial charge on any atom is -0.493 e. The highest BCUT2D eigenvalue weighted by atomic mass is 16.3. The topological polar surface area (TPSA) is 53.6 Å². The summed E-state index contributed by atoms with van der Waals surface area (Å²) in [5.74, 6) is 0.173. The summed E-state index contributed by atoms with van der Waals surface area (Å²) in [5, 5.41) is 10.2. The third kappa shape index (κ3) is 2.94. The fourth-order valence-corrected chi connectivity index (χ4v) is 2.00. The van der Waals surface area contributed by atoms with Crippen molar-refractivity contribution < 1.29 is 5.11 Å². The largest absolute Gasteiger partial charge is 0.493 e. The summed E-state index contributed by atoms with van der Waals surface area (Å²) in [6, 6.07) is 0. The van der Waals surface area contributed by atoms with Crippen LogP contribution in [0.1, 0.15) is 25.5 Å². The van der Waals surface area contributed by atoms with Gasteiger partial charge in [-0.25, -0.2) is 9.36 Å². The smallest absolute Gasteiger partial charge is 0.333 e. The van der Waals surface area contributed by atoms with Gasteiger partial charge >= 0.3 is 5.69 Å². The summed E-state index contributed by atoms with van der Waals surface area (Å²) in [7, 11) is 7.53. The zero-order chi connectivity index (χ0) is 14.0. The summed E-state index contributed by atoms with van der Waals surface area (Å²) in [5.41, 5.74) is 0.522. The molecule has 1 aromatic heterocycles. The number of aromatic nitrogens is 2. The summed E-state index contributed by atoms with van der Waals surface area (Å²) in [4.78, 5) is 16.1. The van der Waals surface area contributed by atoms with Gasteiger partial charge in [0.2, 0.25) is 5.88 Å². The van der Waals surface area contributed by atoms with Crippen LogP contribution in [0.3, 0.4) is 0 Å². The maximum Gasteiger partial charge on any atom is 0.333 e. The lowest BCUT2D eigenvalue weighted by molar-refractivity contribution is 0.285. The van der Waals surface area contributed by atoms with Gasteiger partial charge in [0.05, 0.1) is 19.0 Å². The van der Waals surface area contributed by atoms with Gasteiger partial charge < -0.3 is 5.11 Å². The summed E-state index contributed by atoms with van der Waals surface area (Å²) in [6.45, 7) is 4.80. The first kappa shape index (κ1) is 14.8. The highest BCUT2D eigenvalue weighted by Crippen LogP contribution is 2.24. The number of imidazole rings is 1. The van der Waals surface area contributed by atoms with E-state index in [-0.39, 0.29) is 17.5 Å². The Morgan fingerprint density at radius 3 is 1.89 bits per heavy atom. The molecule has 6 heteroatoms. The Hall–Kier alpha value is -1.27. The predicted octanol–water partition coefficient (Wildman–Crippen LogP) is 0.517. The Balaban J connectivity index is 3.35. The van der Waals surface area contributed by atoms with E-state index in [1.807, 2.05) is 51.8 Å². The first-order chi connectivity index (χ1) is 8.25. The molecule has 1 rings (SSSR count). The van der Waals surface area contributed by atoms with Gasteiger partial charge in [-0.3, -0.25) is 14.4 Å². The molecule has 0 saturated carbocycles. The maximum absolute atomic E-state index is 12.3. The molecule has 0 aliphatic carbocycles. The molecule has 0 saturated heterocycles. The molecule has 0 unspecified atom stereocenters. The van der Waals surface area contributed by atoms with Gasteiger partial charge in [-0.1, -0.05) is 13.8 Å². The van der Waals surface area contributed by atoms with E-state index in [0.717, 1.165) is 0 Å². The SMILES string of the molecule is CC(C)c1c(O)n(CN(C)C)c(=O)n1CN(C)C. The molecule has 1 aromatic rings. The molecule has 0 bridgehead atoms. The van der Waals surface area contributed by atoms with Crippen LogP contribution in [0.25, 0.3) is 0 Å². The van der Waals surface area contributed by atoms with E-state index in [1.165, 1.54) is 4.57 Å². The number of nitrogens with zero attached hydrogens (tertiary/aromatic N) is 4. The van der Waals surface area contributed by atoms with Crippen molar-refractivity contribution in [2.45, 2.75) is 33.1 Å². The number of hydrogen-bond acceptors (Lipinski definition) is 4. The van der Waals surface area contributed by atoms with Gasteiger partial charge in [0.15, 0.2) is 0 Å². The van der Waals surface area contributed by atoms with Crippen LogP contribution in [-0.4, -0.2) is 52.2 Å². The summed E-state index contributed by atoms with van der Waals surface area (Å²) < 4.78 is 3.03. The molecule has 0 radical (unpaired) electrons. The Labute approximate surface area is 108 Å². The predicted molar refractivity (Wildman–Crippen MR) is 71.8 cm³/mol. The molecule has 18 heavy (non-hydrogen) atoms. The minimum absolute atomic E-state index is 0.0746. The molecular weight excluding hydrogens is 232 g/mol. The zero-order valence-corrected chi connectivity index (χ0v) is 12.1. The van der Waals surface area contributed by atoms with Crippen LogP contribution in [-0.2, 0) is 13.3 Å². The van der Waals surface area contributed by atoms with E-state index in [4.69, 9.17) is 0 Å². The van der Waals surface area contributed by atoms with Crippen LogP contribution in [0.15, 0.2) is 4.79 Å². The molecule has 0 spiro atoms. The monoisotopic (exact) mass is 256 g/mol. The second-order valence-electron chi connectivity index (χ2n) is 5.44. The number of aromatic hydroxyl groups is 1. The van der Waals surface area contributed by atoms with E-state index in [1.54, 1.807) is 4.57 Å². The molecule has 0 atom stereocenters. The third-order valence-corrected chi connectivity index (χ3v) is 2.63. The van der Waals surface area contributed by atoms with Gasteiger partial charge in [0.1, 0.15) is 0 Å². The first-order valence-corrected chi connectivity index (χ1v) is 6.07. The molecule has 6 nitrogen and oxygen atoms in total. The van der Waals surface area contributed by atoms with Crippen molar-refractivity contribution >= 4 is 0 Å². The van der Waals surface area contributed by atoms with Crippen molar-refractivity contribution in [3.05, 3.63) is 16.2 Å². The van der Waals surface area contributed by atoms with E-state index in [2.05, 4.69) is 0 Å². The average molecular weight is 256 g/mol. The first-order valence-electron chi connectivity index (χ1n) is 6.07. The lowest BCUT2D eigenvalue weighted by Gasteiger charge is -2.14. The molecule has 0 amide bonds. The zero-order valence-electron chi connectivity index (χ0n) is 12.1. The normalized spacial score (nSPS) is 12.1. The fraction of sp³-hybridized carbons (Fsp3) is 0.750. The van der Waals surface area contributed by atoms with E-state index in [9.17, 15) is 9.90 Å². The third-order valence-electron chi connectivity index (χ3n) is 2.63. The fourth-order valence-electron chi connectivity index (χ4n) is 2.00. The van der Waals surface area contributed by atoms with Crippen molar-refractivity contribution in [1.82, 2.24) is 18.9 Å². The molecule has 1 N–H and O–H groups in total. The Morgan fingerprint density at radius 2 is 1.50 bits per heavy atom. The second-order valence-corrected chi connectivity index (χ2v) is 5.44. The minimum atomic E-state index is -0.168. The Morgan fingerprint density at radius 1 is 1.06 bits per heavy atom. The van der Waals surface area contributed by atoms with Crippen LogP contribution in [0.2, 0.25) is 0 Å².